The molecule has 1 fully saturated rings. The van der Waals surface area contributed by atoms with Crippen molar-refractivity contribution in [3.05, 3.63) is 0 Å². The maximum atomic E-state index is 5.94. The zero-order valence-electron chi connectivity index (χ0n) is 11.5. The van der Waals surface area contributed by atoms with E-state index in [2.05, 4.69) is 27.7 Å². The molecule has 2 atom stereocenters. The highest BCUT2D eigenvalue weighted by Crippen LogP contribution is 2.40. The molecule has 1 rings (SSSR count). The van der Waals surface area contributed by atoms with Crippen LogP contribution in [0, 0.1) is 11.3 Å². The van der Waals surface area contributed by atoms with Gasteiger partial charge in [-0.3, -0.25) is 0 Å². The highest BCUT2D eigenvalue weighted by Gasteiger charge is 2.35. The number of hydrogen-bond donors (Lipinski definition) is 1. The number of nitrogens with two attached hydrogens (primary N) is 1. The van der Waals surface area contributed by atoms with Gasteiger partial charge in [0.25, 0.3) is 0 Å². The van der Waals surface area contributed by atoms with Gasteiger partial charge in [0.05, 0.1) is 5.60 Å². The van der Waals surface area contributed by atoms with Gasteiger partial charge in [0, 0.05) is 13.2 Å². The first-order valence-corrected chi connectivity index (χ1v) is 6.77. The molecule has 2 nitrogen and oxygen atoms in total. The van der Waals surface area contributed by atoms with E-state index in [1.807, 2.05) is 0 Å². The molecule has 2 unspecified atom stereocenters. The Labute approximate surface area is 101 Å². The minimum absolute atomic E-state index is 0.0191. The van der Waals surface area contributed by atoms with E-state index in [1.54, 1.807) is 0 Å². The molecule has 96 valence electrons. The van der Waals surface area contributed by atoms with Gasteiger partial charge in [-0.1, -0.05) is 27.2 Å². The van der Waals surface area contributed by atoms with Crippen LogP contribution in [0.15, 0.2) is 0 Å². The summed E-state index contributed by atoms with van der Waals surface area (Å²) in [7, 11) is 0. The van der Waals surface area contributed by atoms with Gasteiger partial charge in [0.15, 0.2) is 0 Å². The molecule has 2 heteroatoms. The van der Waals surface area contributed by atoms with Crippen molar-refractivity contribution < 1.29 is 4.74 Å². The lowest BCUT2D eigenvalue weighted by molar-refractivity contribution is -0.0444. The van der Waals surface area contributed by atoms with Gasteiger partial charge in [0.1, 0.15) is 0 Å². The normalized spacial score (nSPS) is 32.4. The lowest BCUT2D eigenvalue weighted by Crippen LogP contribution is -2.40. The monoisotopic (exact) mass is 227 g/mol. The second-order valence-electron chi connectivity index (χ2n) is 6.31. The van der Waals surface area contributed by atoms with E-state index in [0.29, 0.717) is 12.0 Å². The first kappa shape index (κ1) is 14.0. The lowest BCUT2D eigenvalue weighted by atomic mass is 9.76. The van der Waals surface area contributed by atoms with Crippen LogP contribution < -0.4 is 5.73 Å². The average molecular weight is 227 g/mol. The van der Waals surface area contributed by atoms with Crippen molar-refractivity contribution in [1.82, 2.24) is 0 Å². The number of ether oxygens (including phenoxy) is 1. The summed E-state index contributed by atoms with van der Waals surface area (Å²) in [5.74, 6) is 0.821. The van der Waals surface area contributed by atoms with E-state index >= 15 is 0 Å². The Morgan fingerprint density at radius 1 is 1.25 bits per heavy atom. The summed E-state index contributed by atoms with van der Waals surface area (Å²) in [6.07, 6.45) is 6.14. The van der Waals surface area contributed by atoms with E-state index in [4.69, 9.17) is 10.5 Å². The fraction of sp³-hybridized carbons (Fsp3) is 1.00. The van der Waals surface area contributed by atoms with E-state index < -0.39 is 0 Å². The summed E-state index contributed by atoms with van der Waals surface area (Å²) in [4.78, 5) is 0. The largest absolute Gasteiger partial charge is 0.374 e. The highest BCUT2D eigenvalue weighted by molar-refractivity contribution is 4.88. The Morgan fingerprint density at radius 3 is 2.44 bits per heavy atom. The van der Waals surface area contributed by atoms with Crippen LogP contribution in [-0.2, 0) is 4.74 Å². The van der Waals surface area contributed by atoms with Crippen molar-refractivity contribution in [2.45, 2.75) is 65.4 Å². The minimum atomic E-state index is -0.0191. The topological polar surface area (TPSA) is 35.2 Å². The van der Waals surface area contributed by atoms with Gasteiger partial charge < -0.3 is 10.5 Å². The van der Waals surface area contributed by atoms with Crippen LogP contribution in [0.4, 0.5) is 0 Å². The third-order valence-corrected chi connectivity index (χ3v) is 4.18. The van der Waals surface area contributed by atoms with Crippen LogP contribution in [0.2, 0.25) is 0 Å². The van der Waals surface area contributed by atoms with Crippen LogP contribution >= 0.6 is 0 Å². The summed E-state index contributed by atoms with van der Waals surface area (Å²) in [5.41, 5.74) is 6.33. The van der Waals surface area contributed by atoms with E-state index in [-0.39, 0.29) is 5.60 Å². The Bertz CT molecular complexity index is 209. The molecular formula is C14H29NO. The zero-order chi connectivity index (χ0) is 12.2. The van der Waals surface area contributed by atoms with Crippen molar-refractivity contribution >= 4 is 0 Å². The number of rotatable bonds is 3. The van der Waals surface area contributed by atoms with Gasteiger partial charge in [-0.25, -0.2) is 0 Å². The second-order valence-corrected chi connectivity index (χ2v) is 6.31. The standard InChI is InChI=1S/C14H29NO/c1-5-16-14(11-15)9-6-7-12(8-10-14)13(2,3)4/h12H,5-11,15H2,1-4H3. The molecular weight excluding hydrogens is 198 g/mol. The van der Waals surface area contributed by atoms with Crippen LogP contribution in [-0.4, -0.2) is 18.8 Å². The van der Waals surface area contributed by atoms with E-state index in [9.17, 15) is 0 Å². The minimum Gasteiger partial charge on any atom is -0.374 e. The molecule has 16 heavy (non-hydrogen) atoms. The first-order valence-electron chi connectivity index (χ1n) is 6.77. The molecule has 1 aliphatic rings. The molecule has 0 heterocycles. The van der Waals surface area contributed by atoms with Crippen molar-refractivity contribution in [2.75, 3.05) is 13.2 Å². The Hall–Kier alpha value is -0.0800. The predicted molar refractivity (Wildman–Crippen MR) is 69.4 cm³/mol. The summed E-state index contributed by atoms with van der Waals surface area (Å²) in [6.45, 7) is 10.6. The van der Waals surface area contributed by atoms with Crippen LogP contribution in [0.5, 0.6) is 0 Å². The average Bonchev–Trinajstić information content (AvgIpc) is 2.41. The molecule has 0 aliphatic heterocycles. The molecule has 1 aliphatic carbocycles. The molecule has 1 saturated carbocycles. The number of hydrogen-bond acceptors (Lipinski definition) is 2. The van der Waals surface area contributed by atoms with Gasteiger partial charge >= 0.3 is 0 Å². The Balaban J connectivity index is 2.63. The maximum Gasteiger partial charge on any atom is 0.0804 e. The molecule has 0 radical (unpaired) electrons. The third-order valence-electron chi connectivity index (χ3n) is 4.18. The fourth-order valence-corrected chi connectivity index (χ4v) is 2.96. The first-order chi connectivity index (χ1) is 7.43. The van der Waals surface area contributed by atoms with Crippen LogP contribution in [0.1, 0.15) is 59.8 Å². The smallest absolute Gasteiger partial charge is 0.0804 e. The van der Waals surface area contributed by atoms with Crippen molar-refractivity contribution in [2.24, 2.45) is 17.1 Å². The Morgan fingerprint density at radius 2 is 1.94 bits per heavy atom. The lowest BCUT2D eigenvalue weighted by Gasteiger charge is -2.33. The third kappa shape index (κ3) is 3.46. The molecule has 0 amide bonds. The zero-order valence-corrected chi connectivity index (χ0v) is 11.5. The van der Waals surface area contributed by atoms with E-state index in [1.165, 1.54) is 19.3 Å². The van der Waals surface area contributed by atoms with Gasteiger partial charge in [-0.2, -0.15) is 0 Å². The summed E-state index contributed by atoms with van der Waals surface area (Å²) in [5, 5.41) is 0. The van der Waals surface area contributed by atoms with Gasteiger partial charge in [0.2, 0.25) is 0 Å². The molecule has 2 N–H and O–H groups in total. The van der Waals surface area contributed by atoms with Crippen LogP contribution in [0.25, 0.3) is 0 Å². The molecule has 0 bridgehead atoms. The molecule has 0 aromatic heterocycles. The fourth-order valence-electron chi connectivity index (χ4n) is 2.96. The van der Waals surface area contributed by atoms with Gasteiger partial charge in [-0.05, 0) is 43.9 Å². The van der Waals surface area contributed by atoms with Crippen molar-refractivity contribution in [1.29, 1.82) is 0 Å². The molecule has 0 spiro atoms. The predicted octanol–water partition coefficient (Wildman–Crippen LogP) is 3.35. The molecule has 0 aromatic carbocycles. The highest BCUT2D eigenvalue weighted by atomic mass is 16.5. The van der Waals surface area contributed by atoms with Crippen molar-refractivity contribution in [3.63, 3.8) is 0 Å². The van der Waals surface area contributed by atoms with Crippen LogP contribution in [0.3, 0.4) is 0 Å². The summed E-state index contributed by atoms with van der Waals surface area (Å²) >= 11 is 0. The van der Waals surface area contributed by atoms with Gasteiger partial charge in [-0.15, -0.1) is 0 Å². The second kappa shape index (κ2) is 5.50. The van der Waals surface area contributed by atoms with Crippen molar-refractivity contribution in [3.8, 4) is 0 Å². The summed E-state index contributed by atoms with van der Waals surface area (Å²) in [6, 6.07) is 0. The van der Waals surface area contributed by atoms with E-state index in [0.717, 1.165) is 25.4 Å². The summed E-state index contributed by atoms with van der Waals surface area (Å²) < 4.78 is 5.94. The SMILES string of the molecule is CCOC1(CN)CCCC(C(C)(C)C)CC1. The Kier molecular flexibility index (Phi) is 4.81. The quantitative estimate of drug-likeness (QED) is 0.750. The molecule has 0 saturated heterocycles. The maximum absolute atomic E-state index is 5.94. The molecule has 0 aromatic rings.